The van der Waals surface area contributed by atoms with Crippen LogP contribution in [0.2, 0.25) is 0 Å². The van der Waals surface area contributed by atoms with E-state index in [9.17, 15) is 9.59 Å². The molecule has 3 fully saturated rings. The Morgan fingerprint density at radius 1 is 1.10 bits per heavy atom. The minimum absolute atomic E-state index is 0.195. The molecule has 0 bridgehead atoms. The molecule has 172 valence electrons. The predicted molar refractivity (Wildman–Crippen MR) is 121 cm³/mol. The molecular formula is C22H37N7O2. The van der Waals surface area contributed by atoms with Crippen molar-refractivity contribution >= 4 is 11.8 Å². The van der Waals surface area contributed by atoms with E-state index >= 15 is 0 Å². The first kappa shape index (κ1) is 22.2. The zero-order valence-corrected chi connectivity index (χ0v) is 18.4. The van der Waals surface area contributed by atoms with E-state index in [-0.39, 0.29) is 17.8 Å². The Kier molecular flexibility index (Phi) is 7.58. The van der Waals surface area contributed by atoms with Crippen LogP contribution >= 0.6 is 0 Å². The van der Waals surface area contributed by atoms with Crippen molar-refractivity contribution < 1.29 is 4.79 Å². The number of piperazine rings is 1. The second-order valence-corrected chi connectivity index (χ2v) is 9.36. The van der Waals surface area contributed by atoms with Crippen LogP contribution in [0.3, 0.4) is 0 Å². The number of urea groups is 1. The second-order valence-electron chi connectivity index (χ2n) is 9.36. The molecule has 2 saturated carbocycles. The van der Waals surface area contributed by atoms with Crippen molar-refractivity contribution in [1.29, 1.82) is 0 Å². The fourth-order valence-corrected chi connectivity index (χ4v) is 5.10. The third-order valence-electron chi connectivity index (χ3n) is 7.15. The van der Waals surface area contributed by atoms with Crippen molar-refractivity contribution in [3.8, 4) is 0 Å². The first-order valence-electron chi connectivity index (χ1n) is 11.9. The third kappa shape index (κ3) is 6.05. The molecule has 2 heterocycles. The average Bonchev–Trinajstić information content (AvgIpc) is 2.80. The highest BCUT2D eigenvalue weighted by Gasteiger charge is 2.25. The maximum absolute atomic E-state index is 12.6. The highest BCUT2D eigenvalue weighted by molar-refractivity contribution is 5.88. The van der Waals surface area contributed by atoms with Crippen molar-refractivity contribution in [2.75, 3.05) is 38.0 Å². The topological polar surface area (TPSA) is 117 Å². The Hall–Kier alpha value is -1.97. The smallest absolute Gasteiger partial charge is 0.328 e. The normalized spacial score (nSPS) is 29.5. The molecule has 31 heavy (non-hydrogen) atoms. The lowest BCUT2D eigenvalue weighted by molar-refractivity contribution is 0.203. The van der Waals surface area contributed by atoms with Crippen LogP contribution in [-0.2, 0) is 0 Å². The van der Waals surface area contributed by atoms with E-state index in [2.05, 4.69) is 20.9 Å². The lowest BCUT2D eigenvalue weighted by Gasteiger charge is -2.32. The van der Waals surface area contributed by atoms with Gasteiger partial charge in [0.25, 0.3) is 0 Å². The van der Waals surface area contributed by atoms with E-state index in [4.69, 9.17) is 5.73 Å². The molecule has 1 aromatic rings. The van der Waals surface area contributed by atoms with Gasteiger partial charge in [-0.3, -0.25) is 9.88 Å². The predicted octanol–water partition coefficient (Wildman–Crippen LogP) is 1.27. The van der Waals surface area contributed by atoms with Gasteiger partial charge in [-0.15, -0.1) is 0 Å². The summed E-state index contributed by atoms with van der Waals surface area (Å²) in [5, 5.41) is 9.72. The molecule has 2 amide bonds. The number of carbonyl (C=O) groups is 1. The summed E-state index contributed by atoms with van der Waals surface area (Å²) in [5.41, 5.74) is 5.72. The van der Waals surface area contributed by atoms with Gasteiger partial charge in [-0.1, -0.05) is 0 Å². The minimum Gasteiger partial charge on any atom is -0.328 e. The number of amides is 2. The number of aromatic nitrogens is 2. The summed E-state index contributed by atoms with van der Waals surface area (Å²) in [6, 6.07) is 2.75. The van der Waals surface area contributed by atoms with Gasteiger partial charge in [0.1, 0.15) is 5.82 Å². The third-order valence-corrected chi connectivity index (χ3v) is 7.15. The molecular weight excluding hydrogens is 394 g/mol. The molecule has 3 aliphatic rings. The minimum atomic E-state index is -0.279. The zero-order chi connectivity index (χ0) is 21.6. The Morgan fingerprint density at radius 2 is 1.81 bits per heavy atom. The molecule has 0 aromatic carbocycles. The number of hydrogen-bond acceptors (Lipinski definition) is 6. The average molecular weight is 432 g/mol. The summed E-state index contributed by atoms with van der Waals surface area (Å²) >= 11 is 0. The number of nitrogens with two attached hydrogens (primary N) is 1. The molecule has 2 aliphatic carbocycles. The van der Waals surface area contributed by atoms with Gasteiger partial charge < -0.3 is 21.3 Å². The van der Waals surface area contributed by atoms with Crippen LogP contribution in [0.1, 0.15) is 57.4 Å². The van der Waals surface area contributed by atoms with E-state index in [1.54, 1.807) is 21.7 Å². The van der Waals surface area contributed by atoms with Gasteiger partial charge in [0.15, 0.2) is 0 Å². The number of rotatable bonds is 5. The molecule has 0 unspecified atom stereocenters. The number of nitrogens with zero attached hydrogens (tertiary/aromatic N) is 3. The zero-order valence-electron chi connectivity index (χ0n) is 18.4. The van der Waals surface area contributed by atoms with Crippen LogP contribution in [0.4, 0.5) is 10.6 Å². The van der Waals surface area contributed by atoms with E-state index < -0.39 is 0 Å². The molecule has 1 saturated heterocycles. The number of nitrogens with one attached hydrogen (secondary N) is 3. The molecule has 0 atom stereocenters. The number of hydrogen-bond donors (Lipinski definition) is 4. The van der Waals surface area contributed by atoms with Gasteiger partial charge in [-0.25, -0.2) is 9.59 Å². The van der Waals surface area contributed by atoms with Crippen molar-refractivity contribution in [3.05, 3.63) is 22.7 Å². The van der Waals surface area contributed by atoms with Gasteiger partial charge in [-0.2, -0.15) is 4.98 Å². The van der Waals surface area contributed by atoms with E-state index in [0.29, 0.717) is 36.9 Å². The number of anilines is 1. The maximum Gasteiger partial charge on any atom is 0.349 e. The van der Waals surface area contributed by atoms with E-state index in [1.807, 2.05) is 0 Å². The van der Waals surface area contributed by atoms with Crippen LogP contribution < -0.4 is 27.4 Å². The molecule has 5 N–H and O–H groups in total. The van der Waals surface area contributed by atoms with E-state index in [1.165, 1.54) is 12.8 Å². The first-order chi connectivity index (χ1) is 15.1. The summed E-state index contributed by atoms with van der Waals surface area (Å²) in [6.07, 6.45) is 10.7. The SMILES string of the molecule is NC1CCC(NCC2CCC(n3ccc(NC(=O)N4CCNCC4)nc3=O)CC2)CC1. The lowest BCUT2D eigenvalue weighted by Crippen LogP contribution is -2.48. The maximum atomic E-state index is 12.6. The Morgan fingerprint density at radius 3 is 2.48 bits per heavy atom. The summed E-state index contributed by atoms with van der Waals surface area (Å²) in [4.78, 5) is 30.8. The fraction of sp³-hybridized carbons (Fsp3) is 0.773. The van der Waals surface area contributed by atoms with Gasteiger partial charge >= 0.3 is 11.7 Å². The Balaban J connectivity index is 1.24. The van der Waals surface area contributed by atoms with E-state index in [0.717, 1.165) is 58.2 Å². The second kappa shape index (κ2) is 10.6. The van der Waals surface area contributed by atoms with Crippen LogP contribution in [0.5, 0.6) is 0 Å². The van der Waals surface area contributed by atoms with Crippen molar-refractivity contribution in [2.24, 2.45) is 11.7 Å². The van der Waals surface area contributed by atoms with Crippen LogP contribution in [-0.4, -0.2) is 65.3 Å². The number of carbonyl (C=O) groups excluding carboxylic acids is 1. The summed E-state index contributed by atoms with van der Waals surface area (Å²) in [5.74, 6) is 1.00. The van der Waals surface area contributed by atoms with Crippen LogP contribution in [0.15, 0.2) is 17.1 Å². The van der Waals surface area contributed by atoms with Gasteiger partial charge in [0.2, 0.25) is 0 Å². The molecule has 9 heteroatoms. The van der Waals surface area contributed by atoms with Crippen molar-refractivity contribution in [2.45, 2.75) is 69.5 Å². The van der Waals surface area contributed by atoms with Gasteiger partial charge in [0, 0.05) is 50.5 Å². The molecule has 0 spiro atoms. The van der Waals surface area contributed by atoms with Crippen molar-refractivity contribution in [1.82, 2.24) is 25.1 Å². The molecule has 1 aliphatic heterocycles. The monoisotopic (exact) mass is 431 g/mol. The first-order valence-corrected chi connectivity index (χ1v) is 11.9. The summed E-state index contributed by atoms with van der Waals surface area (Å²) < 4.78 is 1.74. The summed E-state index contributed by atoms with van der Waals surface area (Å²) in [6.45, 7) is 3.96. The summed E-state index contributed by atoms with van der Waals surface area (Å²) in [7, 11) is 0. The van der Waals surface area contributed by atoms with Crippen LogP contribution in [0.25, 0.3) is 0 Å². The molecule has 1 aromatic heterocycles. The van der Waals surface area contributed by atoms with Crippen molar-refractivity contribution in [3.63, 3.8) is 0 Å². The molecule has 4 rings (SSSR count). The van der Waals surface area contributed by atoms with Crippen LogP contribution in [0, 0.1) is 5.92 Å². The highest BCUT2D eigenvalue weighted by atomic mass is 16.2. The largest absolute Gasteiger partial charge is 0.349 e. The lowest BCUT2D eigenvalue weighted by atomic mass is 9.85. The standard InChI is InChI=1S/C22H37N7O2/c23-17-3-5-18(6-4-17)25-15-16-1-7-19(8-2-16)29-12-9-20(27-22(29)31)26-21(30)28-13-10-24-11-14-28/h9,12,16-19,24-25H,1-8,10-11,13-15,23H2,(H,26,27,30,31). The van der Waals surface area contributed by atoms with Gasteiger partial charge in [-0.05, 0) is 69.9 Å². The fourth-order valence-electron chi connectivity index (χ4n) is 5.10. The van der Waals surface area contributed by atoms with Gasteiger partial charge in [0.05, 0.1) is 0 Å². The molecule has 9 nitrogen and oxygen atoms in total. The quantitative estimate of drug-likeness (QED) is 0.558. The Bertz CT molecular complexity index is 776. The Labute approximate surface area is 184 Å². The molecule has 0 radical (unpaired) electrons. The highest BCUT2D eigenvalue weighted by Crippen LogP contribution is 2.31.